The number of carbonyl (C=O) groups is 1. The second-order valence-electron chi connectivity index (χ2n) is 13.0. The van der Waals surface area contributed by atoms with Crippen molar-refractivity contribution in [3.63, 3.8) is 0 Å². The number of nitrogens with zero attached hydrogens (tertiary/aromatic N) is 1. The van der Waals surface area contributed by atoms with Crippen LogP contribution in [0, 0.1) is 0 Å². The molecule has 0 spiro atoms. The molecule has 16 unspecified atom stereocenters. The van der Waals surface area contributed by atoms with E-state index in [4.69, 9.17) is 41.9 Å². The normalized spacial score (nSPS) is 46.9. The molecule has 4 aliphatic rings. The first-order valence-corrected chi connectivity index (χ1v) is 15.7. The molecule has 16 atom stereocenters. The number of guanidine groups is 1. The zero-order valence-electron chi connectivity index (χ0n) is 26.5. The summed E-state index contributed by atoms with van der Waals surface area (Å²) < 4.78 is 23.4. The van der Waals surface area contributed by atoms with Gasteiger partial charge in [-0.15, -0.1) is 0 Å². The maximum Gasteiger partial charge on any atom is 0.254 e. The Morgan fingerprint density at radius 3 is 2.32 bits per heavy atom. The molecule has 0 aromatic carbocycles. The first kappa shape index (κ1) is 38.0. The second kappa shape index (κ2) is 15.4. The lowest BCUT2D eigenvalue weighted by Gasteiger charge is -2.49. The average Bonchev–Trinajstić information content (AvgIpc) is 3.66. The Hall–Kier alpha value is -1.86. The van der Waals surface area contributed by atoms with E-state index in [1.807, 2.05) is 0 Å². The van der Waals surface area contributed by atoms with Crippen molar-refractivity contribution < 1.29 is 59.5 Å². The molecule has 0 bridgehead atoms. The fourth-order valence-electron chi connectivity index (χ4n) is 6.39. The minimum atomic E-state index is -1.93. The van der Waals surface area contributed by atoms with Gasteiger partial charge >= 0.3 is 0 Å². The molecule has 2 saturated heterocycles. The van der Waals surface area contributed by atoms with E-state index in [0.717, 1.165) is 0 Å². The molecule has 4 fully saturated rings. The Morgan fingerprint density at radius 1 is 1.00 bits per heavy atom. The van der Waals surface area contributed by atoms with Gasteiger partial charge < -0.3 is 93.6 Å². The van der Waals surface area contributed by atoms with Crippen LogP contribution < -0.4 is 38.9 Å². The van der Waals surface area contributed by atoms with Crippen LogP contribution in [0.2, 0.25) is 0 Å². The molecule has 1 amide bonds. The number of amides is 1. The largest absolute Gasteiger partial charge is 0.388 e. The number of hydrogen-bond acceptors (Lipinski definition) is 17. The number of carbonyl (C=O) groups excluding carboxylic acids is 1. The van der Waals surface area contributed by atoms with E-state index in [2.05, 4.69) is 20.9 Å². The van der Waals surface area contributed by atoms with E-state index in [1.165, 1.54) is 14.0 Å². The molecule has 0 radical (unpaired) electrons. The Bertz CT molecular complexity index is 1090. The molecular weight excluding hydrogens is 628 g/mol. The van der Waals surface area contributed by atoms with Crippen LogP contribution in [0.25, 0.3) is 0 Å². The van der Waals surface area contributed by atoms with Crippen LogP contribution in [-0.4, -0.2) is 178 Å². The van der Waals surface area contributed by atoms with Crippen molar-refractivity contribution in [1.29, 1.82) is 0 Å². The van der Waals surface area contributed by atoms with Crippen molar-refractivity contribution in [3.05, 3.63) is 0 Å². The molecular formula is C27H52N8O12. The molecule has 2 aliphatic heterocycles. The van der Waals surface area contributed by atoms with Crippen LogP contribution in [0.3, 0.4) is 0 Å². The van der Waals surface area contributed by atoms with E-state index in [0.29, 0.717) is 19.5 Å². The molecule has 2 aliphatic carbocycles. The van der Waals surface area contributed by atoms with Crippen LogP contribution in [0.15, 0.2) is 4.99 Å². The molecule has 2 heterocycles. The Morgan fingerprint density at radius 2 is 1.68 bits per heavy atom. The summed E-state index contributed by atoms with van der Waals surface area (Å²) in [5.41, 5.74) is 19.3. The van der Waals surface area contributed by atoms with Crippen LogP contribution >= 0.6 is 0 Å². The van der Waals surface area contributed by atoms with Crippen LogP contribution in [0.4, 0.5) is 0 Å². The van der Waals surface area contributed by atoms with E-state index in [-0.39, 0.29) is 32.0 Å². The van der Waals surface area contributed by atoms with Gasteiger partial charge in [-0.2, -0.15) is 0 Å². The lowest BCUT2D eigenvalue weighted by atomic mass is 9.83. The Balaban J connectivity index is 1.54. The van der Waals surface area contributed by atoms with Gasteiger partial charge in [0.25, 0.3) is 5.91 Å². The van der Waals surface area contributed by atoms with Crippen molar-refractivity contribution in [2.45, 2.75) is 123 Å². The zero-order chi connectivity index (χ0) is 34.8. The third-order valence-electron chi connectivity index (χ3n) is 9.22. The number of hydrogen-bond donors (Lipinski definition) is 14. The third-order valence-corrected chi connectivity index (χ3v) is 9.22. The van der Waals surface area contributed by atoms with Gasteiger partial charge in [-0.3, -0.25) is 4.79 Å². The summed E-state index contributed by atoms with van der Waals surface area (Å²) >= 11 is 0. The lowest BCUT2D eigenvalue weighted by molar-refractivity contribution is -0.330. The third kappa shape index (κ3) is 8.31. The predicted molar refractivity (Wildman–Crippen MR) is 162 cm³/mol. The van der Waals surface area contributed by atoms with Crippen molar-refractivity contribution in [3.8, 4) is 0 Å². The molecule has 47 heavy (non-hydrogen) atoms. The van der Waals surface area contributed by atoms with Gasteiger partial charge in [-0.05, 0) is 39.9 Å². The molecule has 4 rings (SSSR count). The zero-order valence-corrected chi connectivity index (χ0v) is 26.5. The summed E-state index contributed by atoms with van der Waals surface area (Å²) in [5.74, 6) is -1.18. The number of rotatable bonds is 13. The minimum absolute atomic E-state index is 0.0635. The summed E-state index contributed by atoms with van der Waals surface area (Å²) in [4.78, 5) is 17.0. The maximum absolute atomic E-state index is 13.2. The van der Waals surface area contributed by atoms with E-state index < -0.39 is 103 Å². The quantitative estimate of drug-likeness (QED) is 0.0487. The number of nitrogens with two attached hydrogens (primary N) is 4. The number of aliphatic hydroxyl groups excluding tert-OH is 5. The number of nitrogens with one attached hydrogen (secondary N) is 3. The van der Waals surface area contributed by atoms with Gasteiger partial charge in [0.1, 0.15) is 54.4 Å². The van der Waals surface area contributed by atoms with Gasteiger partial charge in [0, 0.05) is 19.0 Å². The Kier molecular flexibility index (Phi) is 12.4. The van der Waals surface area contributed by atoms with Gasteiger partial charge in [-0.25, -0.2) is 4.99 Å². The maximum atomic E-state index is 13.2. The van der Waals surface area contributed by atoms with Crippen molar-refractivity contribution in [1.82, 2.24) is 16.0 Å². The molecule has 20 heteroatoms. The highest BCUT2D eigenvalue weighted by molar-refractivity contribution is 5.90. The average molecular weight is 681 g/mol. The number of likely N-dealkylation sites (N-methyl/N-ethyl adjacent to an activating group) is 1. The number of aliphatic imine (C=N–C) groups is 1. The standard InChI is InChI=1S/C27H52N8O12/c1-26(42)9-44-22(18(40)21(26)32-2)47-20-11(34-24(41)27(43)7-13(27)35-25(30)31)6-10(29)19(17(20)39)46-23-16(38)15(37)14(36)12(45-23)8-33-5-3-4-28/h10-23,32-33,36-40,42-43H,3-9,28-29H2,1-2H3,(H,34,41)(H4,30,31,35). The highest BCUT2D eigenvalue weighted by atomic mass is 16.7. The number of aliphatic hydroxyl groups is 7. The molecule has 0 aromatic rings. The molecule has 18 N–H and O–H groups in total. The fraction of sp³-hybridized carbons (Fsp3) is 0.926. The highest BCUT2D eigenvalue weighted by Gasteiger charge is 2.61. The van der Waals surface area contributed by atoms with Crippen molar-refractivity contribution in [2.24, 2.45) is 27.9 Å². The SMILES string of the molecule is CNC1C(O)C(OC2C(NC(=O)C3(O)CC3N=C(N)N)CC(N)C(OC3OC(CNCCCN)C(O)C(O)C3O)C2O)OCC1(C)O. The molecule has 20 nitrogen and oxygen atoms in total. The summed E-state index contributed by atoms with van der Waals surface area (Å²) in [6, 6.07) is -3.93. The summed E-state index contributed by atoms with van der Waals surface area (Å²) in [6.45, 7) is 2.22. The van der Waals surface area contributed by atoms with E-state index >= 15 is 0 Å². The smallest absolute Gasteiger partial charge is 0.254 e. The molecule has 2 saturated carbocycles. The predicted octanol–water partition coefficient (Wildman–Crippen LogP) is -8.09. The van der Waals surface area contributed by atoms with Gasteiger partial charge in [0.05, 0.1) is 24.7 Å². The first-order chi connectivity index (χ1) is 22.0. The van der Waals surface area contributed by atoms with Gasteiger partial charge in [0.15, 0.2) is 24.1 Å². The minimum Gasteiger partial charge on any atom is -0.388 e. The van der Waals surface area contributed by atoms with E-state index in [1.54, 1.807) is 0 Å². The fourth-order valence-corrected chi connectivity index (χ4v) is 6.39. The molecule has 272 valence electrons. The summed E-state index contributed by atoms with van der Waals surface area (Å²) in [6.07, 6.45) is -14.3. The van der Waals surface area contributed by atoms with Crippen LogP contribution in [-0.2, 0) is 23.7 Å². The van der Waals surface area contributed by atoms with Gasteiger partial charge in [0.2, 0.25) is 0 Å². The van der Waals surface area contributed by atoms with Crippen molar-refractivity contribution in [2.75, 3.05) is 33.3 Å². The lowest BCUT2D eigenvalue weighted by Crippen LogP contribution is -2.70. The second-order valence-corrected chi connectivity index (χ2v) is 13.0. The monoisotopic (exact) mass is 680 g/mol. The summed E-state index contributed by atoms with van der Waals surface area (Å²) in [7, 11) is 1.53. The van der Waals surface area contributed by atoms with E-state index in [9.17, 15) is 40.5 Å². The van der Waals surface area contributed by atoms with Crippen molar-refractivity contribution >= 4 is 11.9 Å². The first-order valence-electron chi connectivity index (χ1n) is 15.7. The summed E-state index contributed by atoms with van der Waals surface area (Å²) in [5, 5.41) is 84.4. The topological polar surface area (TPSA) is 348 Å². The van der Waals surface area contributed by atoms with Crippen LogP contribution in [0.1, 0.15) is 26.2 Å². The Labute approximate surface area is 271 Å². The van der Waals surface area contributed by atoms with Gasteiger partial charge in [-0.1, -0.05) is 0 Å². The number of ether oxygens (including phenoxy) is 4. The highest BCUT2D eigenvalue weighted by Crippen LogP contribution is 2.40. The van der Waals surface area contributed by atoms with Crippen LogP contribution in [0.5, 0.6) is 0 Å². The molecule has 0 aromatic heterocycles.